The second-order valence-corrected chi connectivity index (χ2v) is 6.88. The van der Waals surface area contributed by atoms with Gasteiger partial charge in [0.15, 0.2) is 11.6 Å². The highest BCUT2D eigenvalue weighted by Crippen LogP contribution is 2.23. The summed E-state index contributed by atoms with van der Waals surface area (Å²) >= 11 is 0. The van der Waals surface area contributed by atoms with Crippen LogP contribution in [0.25, 0.3) is 0 Å². The van der Waals surface area contributed by atoms with Gasteiger partial charge in [0, 0.05) is 6.07 Å². The number of anilines is 1. The maximum Gasteiger partial charge on any atom is 0.236 e. The van der Waals surface area contributed by atoms with Crippen molar-refractivity contribution >= 4 is 15.7 Å². The molecule has 0 unspecified atom stereocenters. The highest BCUT2D eigenvalue weighted by atomic mass is 32.2. The van der Waals surface area contributed by atoms with Gasteiger partial charge in [0.2, 0.25) is 10.0 Å². The van der Waals surface area contributed by atoms with E-state index in [-0.39, 0.29) is 23.3 Å². The Balaban J connectivity index is 2.11. The van der Waals surface area contributed by atoms with Crippen molar-refractivity contribution < 1.29 is 17.5 Å². The van der Waals surface area contributed by atoms with E-state index in [1.54, 1.807) is 38.1 Å². The fourth-order valence-electron chi connectivity index (χ4n) is 1.92. The Bertz CT molecular complexity index is 730. The third-order valence-electron chi connectivity index (χ3n) is 2.77. The Morgan fingerprint density at radius 3 is 2.41 bits per heavy atom. The lowest BCUT2D eigenvalue weighted by Crippen LogP contribution is -2.15. The maximum atomic E-state index is 13.9. The summed E-state index contributed by atoms with van der Waals surface area (Å²) in [6.07, 6.45) is -0.157. The van der Waals surface area contributed by atoms with E-state index in [2.05, 4.69) is 4.72 Å². The molecule has 0 amide bonds. The number of benzene rings is 2. The molecule has 0 aromatic heterocycles. The van der Waals surface area contributed by atoms with Crippen LogP contribution in [-0.2, 0) is 15.8 Å². The first-order valence-electron chi connectivity index (χ1n) is 6.86. The third kappa shape index (κ3) is 4.73. The molecule has 0 aliphatic rings. The average Bonchev–Trinajstić information content (AvgIpc) is 2.41. The van der Waals surface area contributed by atoms with Gasteiger partial charge in [-0.05, 0) is 31.5 Å². The van der Waals surface area contributed by atoms with Gasteiger partial charge in [-0.25, -0.2) is 12.8 Å². The average molecular weight is 323 g/mol. The molecule has 0 aliphatic carbocycles. The molecule has 0 atom stereocenters. The van der Waals surface area contributed by atoms with Gasteiger partial charge in [0.1, 0.15) is 0 Å². The van der Waals surface area contributed by atoms with E-state index in [0.717, 1.165) is 6.07 Å². The molecule has 0 saturated carbocycles. The Hall–Kier alpha value is -2.08. The summed E-state index contributed by atoms with van der Waals surface area (Å²) in [5.74, 6) is -0.672. The SMILES string of the molecule is CC(C)Oc1ccc(NS(=O)(=O)Cc2ccccc2)cc1F. The van der Waals surface area contributed by atoms with Crippen LogP contribution >= 0.6 is 0 Å². The molecule has 0 spiro atoms. The van der Waals surface area contributed by atoms with Gasteiger partial charge in [-0.15, -0.1) is 0 Å². The summed E-state index contributed by atoms with van der Waals surface area (Å²) in [5, 5.41) is 0. The van der Waals surface area contributed by atoms with E-state index in [4.69, 9.17) is 4.74 Å². The molecule has 118 valence electrons. The van der Waals surface area contributed by atoms with Gasteiger partial charge < -0.3 is 4.74 Å². The van der Waals surface area contributed by atoms with Crippen LogP contribution < -0.4 is 9.46 Å². The molecule has 0 heterocycles. The number of sulfonamides is 1. The van der Waals surface area contributed by atoms with Gasteiger partial charge in [0.05, 0.1) is 17.5 Å². The smallest absolute Gasteiger partial charge is 0.236 e. The monoisotopic (exact) mass is 323 g/mol. The van der Waals surface area contributed by atoms with Crippen LogP contribution in [0.5, 0.6) is 5.75 Å². The molecule has 1 N–H and O–H groups in total. The summed E-state index contributed by atoms with van der Waals surface area (Å²) in [4.78, 5) is 0. The van der Waals surface area contributed by atoms with Crippen LogP contribution in [0.15, 0.2) is 48.5 Å². The van der Waals surface area contributed by atoms with Crippen molar-refractivity contribution in [2.45, 2.75) is 25.7 Å². The molecular weight excluding hydrogens is 305 g/mol. The second kappa shape index (κ2) is 6.79. The zero-order valence-electron chi connectivity index (χ0n) is 12.4. The molecule has 2 aromatic rings. The highest BCUT2D eigenvalue weighted by Gasteiger charge is 2.13. The Labute approximate surface area is 130 Å². The molecule has 22 heavy (non-hydrogen) atoms. The molecule has 0 bridgehead atoms. The van der Waals surface area contributed by atoms with Crippen molar-refractivity contribution in [3.05, 3.63) is 59.9 Å². The van der Waals surface area contributed by atoms with E-state index in [0.29, 0.717) is 5.56 Å². The van der Waals surface area contributed by atoms with Gasteiger partial charge in [-0.1, -0.05) is 30.3 Å². The summed E-state index contributed by atoms with van der Waals surface area (Å²) in [6.45, 7) is 3.58. The first kappa shape index (κ1) is 16.3. The van der Waals surface area contributed by atoms with Crippen LogP contribution in [0, 0.1) is 5.82 Å². The zero-order valence-corrected chi connectivity index (χ0v) is 13.2. The Morgan fingerprint density at radius 1 is 1.14 bits per heavy atom. The molecule has 4 nitrogen and oxygen atoms in total. The number of ether oxygens (including phenoxy) is 1. The largest absolute Gasteiger partial charge is 0.488 e. The molecular formula is C16H18FNO3S. The quantitative estimate of drug-likeness (QED) is 0.884. The van der Waals surface area contributed by atoms with Crippen LogP contribution in [0.2, 0.25) is 0 Å². The van der Waals surface area contributed by atoms with Crippen LogP contribution in [0.3, 0.4) is 0 Å². The maximum absolute atomic E-state index is 13.9. The predicted octanol–water partition coefficient (Wildman–Crippen LogP) is 3.55. The van der Waals surface area contributed by atoms with Crippen molar-refractivity contribution in [1.29, 1.82) is 0 Å². The molecule has 0 saturated heterocycles. The number of hydrogen-bond donors (Lipinski definition) is 1. The molecule has 0 fully saturated rings. The van der Waals surface area contributed by atoms with Crippen molar-refractivity contribution in [2.75, 3.05) is 4.72 Å². The van der Waals surface area contributed by atoms with E-state index in [9.17, 15) is 12.8 Å². The lowest BCUT2D eigenvalue weighted by molar-refractivity contribution is 0.231. The molecule has 2 aromatic carbocycles. The minimum atomic E-state index is -3.60. The van der Waals surface area contributed by atoms with Crippen molar-refractivity contribution in [3.63, 3.8) is 0 Å². The number of rotatable bonds is 6. The van der Waals surface area contributed by atoms with Crippen molar-refractivity contribution in [3.8, 4) is 5.75 Å². The topological polar surface area (TPSA) is 55.4 Å². The molecule has 0 radical (unpaired) electrons. The normalized spacial score (nSPS) is 11.5. The molecule has 0 aliphatic heterocycles. The van der Waals surface area contributed by atoms with E-state index >= 15 is 0 Å². The van der Waals surface area contributed by atoms with Gasteiger partial charge in [0.25, 0.3) is 0 Å². The fraction of sp³-hybridized carbons (Fsp3) is 0.250. The number of halogens is 1. The first-order chi connectivity index (χ1) is 10.4. The highest BCUT2D eigenvalue weighted by molar-refractivity contribution is 7.91. The van der Waals surface area contributed by atoms with E-state index in [1.807, 2.05) is 6.07 Å². The van der Waals surface area contributed by atoms with E-state index < -0.39 is 15.8 Å². The third-order valence-corrected chi connectivity index (χ3v) is 4.03. The van der Waals surface area contributed by atoms with E-state index in [1.165, 1.54) is 12.1 Å². The van der Waals surface area contributed by atoms with Gasteiger partial charge >= 0.3 is 0 Å². The summed E-state index contributed by atoms with van der Waals surface area (Å²) < 4.78 is 45.6. The van der Waals surface area contributed by atoms with Crippen LogP contribution in [0.1, 0.15) is 19.4 Å². The summed E-state index contributed by atoms with van der Waals surface area (Å²) in [5.41, 5.74) is 0.833. The van der Waals surface area contributed by atoms with Gasteiger partial charge in [-0.2, -0.15) is 0 Å². The second-order valence-electron chi connectivity index (χ2n) is 5.16. The summed E-state index contributed by atoms with van der Waals surface area (Å²) in [6, 6.07) is 12.8. The predicted molar refractivity (Wildman–Crippen MR) is 84.9 cm³/mol. The van der Waals surface area contributed by atoms with Gasteiger partial charge in [-0.3, -0.25) is 4.72 Å². The first-order valence-corrected chi connectivity index (χ1v) is 8.51. The zero-order chi connectivity index (χ0) is 16.2. The minimum Gasteiger partial charge on any atom is -0.488 e. The molecule has 6 heteroatoms. The Kier molecular flexibility index (Phi) is 5.03. The standard InChI is InChI=1S/C16H18FNO3S/c1-12(2)21-16-9-8-14(10-15(16)17)18-22(19,20)11-13-6-4-3-5-7-13/h3-10,12,18H,11H2,1-2H3. The Morgan fingerprint density at radius 2 is 1.82 bits per heavy atom. The van der Waals surface area contributed by atoms with Crippen molar-refractivity contribution in [2.24, 2.45) is 0 Å². The summed E-state index contributed by atoms with van der Waals surface area (Å²) in [7, 11) is -3.60. The van der Waals surface area contributed by atoms with Crippen LogP contribution in [-0.4, -0.2) is 14.5 Å². The van der Waals surface area contributed by atoms with Crippen molar-refractivity contribution in [1.82, 2.24) is 0 Å². The minimum absolute atomic E-state index is 0.0982. The molecule has 2 rings (SSSR count). The number of nitrogens with one attached hydrogen (secondary N) is 1. The van der Waals surface area contributed by atoms with Crippen LogP contribution in [0.4, 0.5) is 10.1 Å². The lowest BCUT2D eigenvalue weighted by atomic mass is 10.2. The fourth-order valence-corrected chi connectivity index (χ4v) is 3.11. The number of hydrogen-bond acceptors (Lipinski definition) is 3. The lowest BCUT2D eigenvalue weighted by Gasteiger charge is -2.12.